The van der Waals surface area contributed by atoms with Gasteiger partial charge in [-0.2, -0.15) is 0 Å². The Morgan fingerprint density at radius 2 is 1.54 bits per heavy atom. The third-order valence-corrected chi connectivity index (χ3v) is 9.31. The topological polar surface area (TPSA) is 84.0 Å². The lowest BCUT2D eigenvalue weighted by atomic mass is 9.63. The standard InChI is InChI=1S/C29H25ClN2O5/c1-14-2-3-17(11-23(14)30)31-13-15(10-24(31)33)29(36)37-18-6-4-16(5-7-18)32-27(34)25-19-8-9-20(22-12-21(19)22)26(25)28(32)35/h2-9,11,15,19-22,25-26H,10,12-13H2,1H3/t15-,19+,20+,21-,22+,25-,26+/m1/s1. The number of amides is 3. The molecule has 0 unspecified atom stereocenters. The number of esters is 1. The highest BCUT2D eigenvalue weighted by Gasteiger charge is 2.67. The van der Waals surface area contributed by atoms with E-state index in [1.165, 1.54) is 4.90 Å². The molecule has 7 atom stereocenters. The smallest absolute Gasteiger partial charge is 0.316 e. The van der Waals surface area contributed by atoms with E-state index < -0.39 is 11.9 Å². The van der Waals surface area contributed by atoms with Crippen molar-refractivity contribution in [2.24, 2.45) is 41.4 Å². The van der Waals surface area contributed by atoms with Crippen LogP contribution >= 0.6 is 11.6 Å². The van der Waals surface area contributed by atoms with Crippen LogP contribution < -0.4 is 14.5 Å². The summed E-state index contributed by atoms with van der Waals surface area (Å²) in [5.74, 6) is -0.261. The van der Waals surface area contributed by atoms with Crippen LogP contribution in [0.4, 0.5) is 11.4 Å². The summed E-state index contributed by atoms with van der Waals surface area (Å²) in [4.78, 5) is 54.9. The molecular weight excluding hydrogens is 492 g/mol. The molecule has 4 aliphatic carbocycles. The number of carbonyl (C=O) groups is 4. The van der Waals surface area contributed by atoms with E-state index in [0.717, 1.165) is 12.0 Å². The van der Waals surface area contributed by atoms with E-state index in [-0.39, 0.29) is 54.4 Å². The van der Waals surface area contributed by atoms with Gasteiger partial charge in [-0.1, -0.05) is 29.8 Å². The molecule has 2 heterocycles. The van der Waals surface area contributed by atoms with Crippen LogP contribution in [-0.4, -0.2) is 30.2 Å². The second-order valence-corrected chi connectivity index (χ2v) is 11.3. The molecule has 8 rings (SSSR count). The lowest BCUT2D eigenvalue weighted by molar-refractivity contribution is -0.139. The number of hydrogen-bond acceptors (Lipinski definition) is 5. The van der Waals surface area contributed by atoms with Crippen LogP contribution in [0.2, 0.25) is 5.02 Å². The van der Waals surface area contributed by atoms with E-state index in [1.807, 2.05) is 19.1 Å². The number of anilines is 2. The Morgan fingerprint density at radius 3 is 2.16 bits per heavy atom. The Hall–Kier alpha value is -3.45. The predicted octanol–water partition coefficient (Wildman–Crippen LogP) is 4.16. The molecule has 7 nitrogen and oxygen atoms in total. The maximum atomic E-state index is 13.3. The molecule has 2 aliphatic heterocycles. The summed E-state index contributed by atoms with van der Waals surface area (Å²) in [5, 5.41) is 0.561. The first-order chi connectivity index (χ1) is 17.8. The number of halogens is 1. The Morgan fingerprint density at radius 1 is 0.919 bits per heavy atom. The van der Waals surface area contributed by atoms with Crippen LogP contribution in [0.1, 0.15) is 18.4 Å². The number of ether oxygens (including phenoxy) is 1. The summed E-state index contributed by atoms with van der Waals surface area (Å²) in [6.45, 7) is 2.10. The molecule has 2 saturated carbocycles. The number of aryl methyl sites for hydroxylation is 1. The maximum Gasteiger partial charge on any atom is 0.316 e. The molecule has 3 amide bonds. The summed E-state index contributed by atoms with van der Waals surface area (Å²) in [7, 11) is 0. The summed E-state index contributed by atoms with van der Waals surface area (Å²) >= 11 is 6.21. The van der Waals surface area contributed by atoms with Crippen molar-refractivity contribution in [2.45, 2.75) is 19.8 Å². The molecule has 188 valence electrons. The Labute approximate surface area is 219 Å². The van der Waals surface area contributed by atoms with Crippen molar-refractivity contribution in [3.05, 3.63) is 65.2 Å². The van der Waals surface area contributed by atoms with Crippen molar-refractivity contribution >= 4 is 46.7 Å². The molecule has 0 N–H and O–H groups in total. The van der Waals surface area contributed by atoms with Crippen LogP contribution in [0.3, 0.4) is 0 Å². The minimum Gasteiger partial charge on any atom is -0.426 e. The average Bonchev–Trinajstić information content (AvgIpc) is 3.57. The molecule has 0 aromatic heterocycles. The number of benzene rings is 2. The van der Waals surface area contributed by atoms with Gasteiger partial charge < -0.3 is 9.64 Å². The molecule has 2 aromatic rings. The third-order valence-electron chi connectivity index (χ3n) is 8.90. The molecule has 8 heteroatoms. The minimum atomic E-state index is -0.605. The molecule has 0 spiro atoms. The molecule has 37 heavy (non-hydrogen) atoms. The van der Waals surface area contributed by atoms with Crippen LogP contribution in [0, 0.1) is 48.3 Å². The van der Waals surface area contributed by atoms with E-state index in [0.29, 0.717) is 34.0 Å². The molecule has 2 bridgehead atoms. The fourth-order valence-electron chi connectivity index (χ4n) is 6.94. The highest BCUT2D eigenvalue weighted by Crippen LogP contribution is 2.65. The summed E-state index contributed by atoms with van der Waals surface area (Å²) in [6, 6.07) is 11.9. The first-order valence-electron chi connectivity index (χ1n) is 12.8. The average molecular weight is 517 g/mol. The van der Waals surface area contributed by atoms with E-state index in [2.05, 4.69) is 12.2 Å². The van der Waals surface area contributed by atoms with Gasteiger partial charge in [0.1, 0.15) is 5.75 Å². The quantitative estimate of drug-likeness (QED) is 0.264. The zero-order chi connectivity index (χ0) is 25.6. The fourth-order valence-corrected chi connectivity index (χ4v) is 7.11. The Bertz CT molecular complexity index is 1370. The van der Waals surface area contributed by atoms with Gasteiger partial charge in [0.05, 0.1) is 23.4 Å². The SMILES string of the molecule is Cc1ccc(N2C[C@H](C(=O)Oc3ccc(N4C(=O)[C@@H]5[C@H]6C=C[C@@H]([C@@H]7C[C@H]67)[C@@H]5C4=O)cc3)CC2=O)cc1Cl. The molecule has 2 aromatic carbocycles. The number of allylic oxidation sites excluding steroid dienone is 2. The van der Waals surface area contributed by atoms with Crippen LogP contribution in [0.25, 0.3) is 0 Å². The molecule has 2 saturated heterocycles. The monoisotopic (exact) mass is 516 g/mol. The number of carbonyl (C=O) groups excluding carboxylic acids is 4. The molecule has 6 aliphatic rings. The summed E-state index contributed by atoms with van der Waals surface area (Å²) in [6.07, 6.45) is 5.48. The molecule has 4 fully saturated rings. The lowest BCUT2D eigenvalue weighted by Gasteiger charge is -2.37. The van der Waals surface area contributed by atoms with E-state index in [9.17, 15) is 19.2 Å². The van der Waals surface area contributed by atoms with Crippen LogP contribution in [0.5, 0.6) is 5.75 Å². The van der Waals surface area contributed by atoms with Gasteiger partial charge in [0.25, 0.3) is 0 Å². The van der Waals surface area contributed by atoms with Gasteiger partial charge in [0, 0.05) is 23.7 Å². The van der Waals surface area contributed by atoms with Gasteiger partial charge in [-0.3, -0.25) is 24.1 Å². The van der Waals surface area contributed by atoms with Crippen LogP contribution in [0.15, 0.2) is 54.6 Å². The minimum absolute atomic E-state index is 0.0559. The zero-order valence-electron chi connectivity index (χ0n) is 20.2. The van der Waals surface area contributed by atoms with E-state index in [1.54, 1.807) is 35.2 Å². The second kappa shape index (κ2) is 8.02. The van der Waals surface area contributed by atoms with Crippen molar-refractivity contribution in [3.63, 3.8) is 0 Å². The highest BCUT2D eigenvalue weighted by molar-refractivity contribution is 6.31. The lowest BCUT2D eigenvalue weighted by Crippen LogP contribution is -2.40. The summed E-state index contributed by atoms with van der Waals surface area (Å²) in [5.41, 5.74) is 2.06. The van der Waals surface area contributed by atoms with Crippen molar-refractivity contribution in [1.82, 2.24) is 0 Å². The maximum absolute atomic E-state index is 13.3. The van der Waals surface area contributed by atoms with Crippen molar-refractivity contribution in [2.75, 3.05) is 16.3 Å². The van der Waals surface area contributed by atoms with Gasteiger partial charge in [-0.05, 0) is 79.0 Å². The number of hydrogen-bond donors (Lipinski definition) is 0. The van der Waals surface area contributed by atoms with Crippen molar-refractivity contribution in [3.8, 4) is 5.75 Å². The van der Waals surface area contributed by atoms with Gasteiger partial charge in [0.2, 0.25) is 17.7 Å². The van der Waals surface area contributed by atoms with Gasteiger partial charge in [0.15, 0.2) is 0 Å². The first kappa shape index (κ1) is 22.7. The molecule has 0 radical (unpaired) electrons. The second-order valence-electron chi connectivity index (χ2n) is 10.9. The van der Waals surface area contributed by atoms with Crippen molar-refractivity contribution < 1.29 is 23.9 Å². The van der Waals surface area contributed by atoms with Gasteiger partial charge in [-0.15, -0.1) is 0 Å². The zero-order valence-corrected chi connectivity index (χ0v) is 20.9. The van der Waals surface area contributed by atoms with E-state index in [4.69, 9.17) is 16.3 Å². The normalized spacial score (nSPS) is 33.1. The highest BCUT2D eigenvalue weighted by atomic mass is 35.5. The van der Waals surface area contributed by atoms with Gasteiger partial charge >= 0.3 is 5.97 Å². The Kier molecular flexibility index (Phi) is 4.93. The number of imide groups is 1. The third kappa shape index (κ3) is 3.40. The summed E-state index contributed by atoms with van der Waals surface area (Å²) < 4.78 is 5.56. The Balaban J connectivity index is 1.03. The fraction of sp³-hybridized carbons (Fsp3) is 0.379. The predicted molar refractivity (Wildman–Crippen MR) is 136 cm³/mol. The first-order valence-corrected chi connectivity index (χ1v) is 13.1. The number of nitrogens with zero attached hydrogens (tertiary/aromatic N) is 2. The van der Waals surface area contributed by atoms with Crippen molar-refractivity contribution in [1.29, 1.82) is 0 Å². The molecular formula is C29H25ClN2O5. The largest absolute Gasteiger partial charge is 0.426 e. The van der Waals surface area contributed by atoms with E-state index >= 15 is 0 Å². The van der Waals surface area contributed by atoms with Gasteiger partial charge in [-0.25, -0.2) is 0 Å². The van der Waals surface area contributed by atoms with Crippen LogP contribution in [-0.2, 0) is 19.2 Å². The number of rotatable bonds is 4.